The highest BCUT2D eigenvalue weighted by Crippen LogP contribution is 2.19. The minimum Gasteiger partial charge on any atom is -0.366 e. The van der Waals surface area contributed by atoms with Crippen LogP contribution in [-0.2, 0) is 0 Å². The molecule has 0 spiro atoms. The first-order valence-corrected chi connectivity index (χ1v) is 8.33. The van der Waals surface area contributed by atoms with Crippen LogP contribution in [0.5, 0.6) is 0 Å². The Hall–Kier alpha value is -3.47. The standard InChI is InChI=1S/C21H20N4O/c1-3-13-22-19-14-18(21(26)23-17-11-9-15(2)10-12-17)24-20(25-19)16-7-5-4-6-8-16/h3-12,14H,1,13H2,2H3,(H,23,26)(H,22,24,25). The minimum absolute atomic E-state index is 0.282. The number of hydrogen-bond donors (Lipinski definition) is 2. The average molecular weight is 344 g/mol. The molecule has 3 rings (SSSR count). The lowest BCUT2D eigenvalue weighted by Gasteiger charge is -2.10. The van der Waals surface area contributed by atoms with Crippen LogP contribution in [0.1, 0.15) is 16.1 Å². The van der Waals surface area contributed by atoms with Gasteiger partial charge in [0.2, 0.25) is 0 Å². The Bertz CT molecular complexity index is 905. The van der Waals surface area contributed by atoms with Gasteiger partial charge in [0.05, 0.1) is 0 Å². The van der Waals surface area contributed by atoms with E-state index in [0.29, 0.717) is 23.9 Å². The van der Waals surface area contributed by atoms with Gasteiger partial charge in [-0.3, -0.25) is 4.79 Å². The Labute approximate surface area is 152 Å². The Morgan fingerprint density at radius 1 is 1.08 bits per heavy atom. The quantitative estimate of drug-likeness (QED) is 0.654. The Morgan fingerprint density at radius 2 is 1.81 bits per heavy atom. The SMILES string of the molecule is C=CCNc1cc(C(=O)Nc2ccc(C)cc2)nc(-c2ccccc2)n1. The molecular weight excluding hydrogens is 324 g/mol. The molecule has 130 valence electrons. The monoisotopic (exact) mass is 344 g/mol. The molecule has 0 fully saturated rings. The van der Waals surface area contributed by atoms with Crippen molar-refractivity contribution in [3.05, 3.63) is 84.6 Å². The summed E-state index contributed by atoms with van der Waals surface area (Å²) in [5.74, 6) is 0.789. The van der Waals surface area contributed by atoms with Crippen molar-refractivity contribution in [3.8, 4) is 11.4 Å². The van der Waals surface area contributed by atoms with Crippen molar-refractivity contribution in [2.45, 2.75) is 6.92 Å². The molecule has 3 aromatic rings. The molecule has 2 aromatic carbocycles. The summed E-state index contributed by atoms with van der Waals surface area (Å²) in [5.41, 5.74) is 3.00. The van der Waals surface area contributed by atoms with Crippen LogP contribution in [0.25, 0.3) is 11.4 Å². The maximum Gasteiger partial charge on any atom is 0.274 e. The zero-order valence-corrected chi connectivity index (χ0v) is 14.6. The molecule has 5 nitrogen and oxygen atoms in total. The lowest BCUT2D eigenvalue weighted by atomic mass is 10.2. The van der Waals surface area contributed by atoms with Crippen LogP contribution in [-0.4, -0.2) is 22.4 Å². The predicted octanol–water partition coefficient (Wildman–Crippen LogP) is 4.30. The molecule has 0 aliphatic heterocycles. The summed E-state index contributed by atoms with van der Waals surface area (Å²) in [6.45, 7) is 6.24. The van der Waals surface area contributed by atoms with Gasteiger partial charge in [0.1, 0.15) is 11.5 Å². The topological polar surface area (TPSA) is 66.9 Å². The Kier molecular flexibility index (Phi) is 5.39. The molecule has 0 saturated heterocycles. The zero-order chi connectivity index (χ0) is 18.4. The molecule has 0 radical (unpaired) electrons. The summed E-state index contributed by atoms with van der Waals surface area (Å²) in [6.07, 6.45) is 1.73. The molecule has 5 heteroatoms. The highest BCUT2D eigenvalue weighted by atomic mass is 16.1. The number of aryl methyl sites for hydroxylation is 1. The normalized spacial score (nSPS) is 10.2. The molecule has 1 aromatic heterocycles. The second kappa shape index (κ2) is 8.07. The summed E-state index contributed by atoms with van der Waals surface area (Å²) < 4.78 is 0. The van der Waals surface area contributed by atoms with Crippen LogP contribution < -0.4 is 10.6 Å². The van der Waals surface area contributed by atoms with Gasteiger partial charge in [0.15, 0.2) is 5.82 Å². The van der Waals surface area contributed by atoms with Gasteiger partial charge >= 0.3 is 0 Å². The van der Waals surface area contributed by atoms with Gasteiger partial charge in [-0.15, -0.1) is 6.58 Å². The second-order valence-corrected chi connectivity index (χ2v) is 5.82. The van der Waals surface area contributed by atoms with Gasteiger partial charge in [-0.05, 0) is 19.1 Å². The maximum atomic E-state index is 12.7. The van der Waals surface area contributed by atoms with Gasteiger partial charge in [0, 0.05) is 23.9 Å². The number of anilines is 2. The highest BCUT2D eigenvalue weighted by molar-refractivity contribution is 6.03. The molecular formula is C21H20N4O. The van der Waals surface area contributed by atoms with Crippen LogP contribution in [0, 0.1) is 6.92 Å². The first-order valence-electron chi connectivity index (χ1n) is 8.33. The van der Waals surface area contributed by atoms with Crippen LogP contribution in [0.15, 0.2) is 73.3 Å². The van der Waals surface area contributed by atoms with E-state index in [2.05, 4.69) is 27.2 Å². The van der Waals surface area contributed by atoms with E-state index in [4.69, 9.17) is 0 Å². The van der Waals surface area contributed by atoms with Crippen LogP contribution in [0.4, 0.5) is 11.5 Å². The third kappa shape index (κ3) is 4.33. The second-order valence-electron chi connectivity index (χ2n) is 5.82. The van der Waals surface area contributed by atoms with E-state index in [9.17, 15) is 4.79 Å². The maximum absolute atomic E-state index is 12.7. The molecule has 1 amide bonds. The number of aromatic nitrogens is 2. The molecule has 0 unspecified atom stereocenters. The van der Waals surface area contributed by atoms with Crippen molar-refractivity contribution in [1.82, 2.24) is 9.97 Å². The molecule has 0 saturated carbocycles. The predicted molar refractivity (Wildman–Crippen MR) is 105 cm³/mol. The number of amides is 1. The van der Waals surface area contributed by atoms with Crippen LogP contribution >= 0.6 is 0 Å². The number of carbonyl (C=O) groups excluding carboxylic acids is 1. The third-order valence-electron chi connectivity index (χ3n) is 3.73. The molecule has 0 bridgehead atoms. The number of nitrogens with one attached hydrogen (secondary N) is 2. The molecule has 2 N–H and O–H groups in total. The molecule has 1 heterocycles. The van der Waals surface area contributed by atoms with E-state index in [1.165, 1.54) is 0 Å². The van der Waals surface area contributed by atoms with Crippen molar-refractivity contribution in [1.29, 1.82) is 0 Å². The fraction of sp³-hybridized carbons (Fsp3) is 0.0952. The third-order valence-corrected chi connectivity index (χ3v) is 3.73. The van der Waals surface area contributed by atoms with Gasteiger partial charge in [-0.25, -0.2) is 9.97 Å². The number of rotatable bonds is 6. The first kappa shape index (κ1) is 17.4. The lowest BCUT2D eigenvalue weighted by Crippen LogP contribution is -2.15. The van der Waals surface area contributed by atoms with Crippen LogP contribution in [0.3, 0.4) is 0 Å². The molecule has 26 heavy (non-hydrogen) atoms. The van der Waals surface area contributed by atoms with Crippen molar-refractivity contribution >= 4 is 17.4 Å². The fourth-order valence-electron chi connectivity index (χ4n) is 2.38. The van der Waals surface area contributed by atoms with E-state index in [-0.39, 0.29) is 5.91 Å². The number of carbonyl (C=O) groups is 1. The van der Waals surface area contributed by atoms with Crippen molar-refractivity contribution in [2.75, 3.05) is 17.2 Å². The zero-order valence-electron chi connectivity index (χ0n) is 14.6. The van der Waals surface area contributed by atoms with Gasteiger partial charge in [0.25, 0.3) is 5.91 Å². The van der Waals surface area contributed by atoms with Crippen molar-refractivity contribution in [3.63, 3.8) is 0 Å². The first-order chi connectivity index (χ1) is 12.7. The Morgan fingerprint density at radius 3 is 2.50 bits per heavy atom. The number of nitrogens with zero attached hydrogens (tertiary/aromatic N) is 2. The van der Waals surface area contributed by atoms with E-state index < -0.39 is 0 Å². The van der Waals surface area contributed by atoms with Gasteiger partial charge < -0.3 is 10.6 Å². The highest BCUT2D eigenvalue weighted by Gasteiger charge is 2.13. The smallest absolute Gasteiger partial charge is 0.274 e. The minimum atomic E-state index is -0.282. The van der Waals surface area contributed by atoms with Gasteiger partial charge in [-0.1, -0.05) is 54.1 Å². The summed E-state index contributed by atoms with van der Waals surface area (Å²) in [7, 11) is 0. The summed E-state index contributed by atoms with van der Waals surface area (Å²) in [4.78, 5) is 21.6. The Balaban J connectivity index is 1.92. The molecule has 0 aliphatic carbocycles. The van der Waals surface area contributed by atoms with E-state index >= 15 is 0 Å². The van der Waals surface area contributed by atoms with Crippen molar-refractivity contribution < 1.29 is 4.79 Å². The van der Waals surface area contributed by atoms with Crippen molar-refractivity contribution in [2.24, 2.45) is 0 Å². The molecule has 0 atom stereocenters. The summed E-state index contributed by atoms with van der Waals surface area (Å²) in [5, 5.41) is 5.99. The lowest BCUT2D eigenvalue weighted by molar-refractivity contribution is 0.102. The summed E-state index contributed by atoms with van der Waals surface area (Å²) >= 11 is 0. The van der Waals surface area contributed by atoms with E-state index in [0.717, 1.165) is 16.8 Å². The number of benzene rings is 2. The van der Waals surface area contributed by atoms with Crippen LogP contribution in [0.2, 0.25) is 0 Å². The summed E-state index contributed by atoms with van der Waals surface area (Å²) in [6, 6.07) is 18.8. The van der Waals surface area contributed by atoms with Gasteiger partial charge in [-0.2, -0.15) is 0 Å². The fourth-order valence-corrected chi connectivity index (χ4v) is 2.38. The number of hydrogen-bond acceptors (Lipinski definition) is 4. The largest absolute Gasteiger partial charge is 0.366 e. The van der Waals surface area contributed by atoms with E-state index in [1.807, 2.05) is 61.5 Å². The average Bonchev–Trinajstić information content (AvgIpc) is 2.68. The molecule has 0 aliphatic rings. The van der Waals surface area contributed by atoms with E-state index in [1.54, 1.807) is 12.1 Å².